The molecule has 0 fully saturated rings. The Labute approximate surface area is 167 Å². The zero-order valence-electron chi connectivity index (χ0n) is 16.0. The summed E-state index contributed by atoms with van der Waals surface area (Å²) >= 11 is 1.51. The van der Waals surface area contributed by atoms with Crippen molar-refractivity contribution in [1.82, 2.24) is 24.9 Å². The van der Waals surface area contributed by atoms with Crippen LogP contribution in [-0.2, 0) is 12.2 Å². The second kappa shape index (κ2) is 8.02. The molecular weight excluding hydrogens is 374 g/mol. The molecule has 28 heavy (non-hydrogen) atoms. The fourth-order valence-electron chi connectivity index (χ4n) is 2.89. The topological polar surface area (TPSA) is 82.8 Å². The maximum absolute atomic E-state index is 5.46. The third-order valence-corrected chi connectivity index (χ3v) is 5.09. The van der Waals surface area contributed by atoms with Crippen LogP contribution in [0, 0.1) is 12.8 Å². The largest absolute Gasteiger partial charge is 0.469 e. The van der Waals surface area contributed by atoms with Crippen LogP contribution in [-0.4, -0.2) is 24.9 Å². The number of aromatic nitrogens is 5. The van der Waals surface area contributed by atoms with E-state index in [2.05, 4.69) is 34.2 Å². The van der Waals surface area contributed by atoms with E-state index in [0.717, 1.165) is 40.2 Å². The quantitative estimate of drug-likeness (QED) is 0.419. The van der Waals surface area contributed by atoms with Gasteiger partial charge in [0.25, 0.3) is 0 Å². The number of para-hydroxylation sites is 1. The summed E-state index contributed by atoms with van der Waals surface area (Å²) in [5, 5.41) is 13.6. The molecule has 3 aromatic heterocycles. The molecule has 4 rings (SSSR count). The average Bonchev–Trinajstić information content (AvgIpc) is 3.40. The first-order valence-corrected chi connectivity index (χ1v) is 10.1. The average molecular weight is 395 g/mol. The molecule has 0 saturated heterocycles. The van der Waals surface area contributed by atoms with Crippen LogP contribution in [0.15, 0.2) is 56.8 Å². The molecule has 0 saturated carbocycles. The van der Waals surface area contributed by atoms with Gasteiger partial charge in [0.1, 0.15) is 5.76 Å². The molecule has 3 heterocycles. The lowest BCUT2D eigenvalue weighted by Crippen LogP contribution is -2.00. The van der Waals surface area contributed by atoms with Crippen molar-refractivity contribution in [3.63, 3.8) is 0 Å². The molecule has 0 unspecified atom stereocenters. The minimum atomic E-state index is 0.486. The molecule has 0 spiro atoms. The highest BCUT2D eigenvalue weighted by Crippen LogP contribution is 2.31. The molecule has 8 heteroatoms. The normalized spacial score (nSPS) is 11.4. The van der Waals surface area contributed by atoms with Crippen molar-refractivity contribution >= 4 is 11.8 Å². The highest BCUT2D eigenvalue weighted by Gasteiger charge is 2.19. The summed E-state index contributed by atoms with van der Waals surface area (Å²) in [6.07, 6.45) is 2.47. The summed E-state index contributed by atoms with van der Waals surface area (Å²) in [6, 6.07) is 11.9. The lowest BCUT2D eigenvalue weighted by Gasteiger charge is -2.09. The molecule has 0 atom stereocenters. The van der Waals surface area contributed by atoms with Crippen molar-refractivity contribution < 1.29 is 8.94 Å². The van der Waals surface area contributed by atoms with E-state index < -0.39 is 0 Å². The Morgan fingerprint density at radius 3 is 2.64 bits per heavy atom. The van der Waals surface area contributed by atoms with Gasteiger partial charge in [0, 0.05) is 12.1 Å². The molecule has 1 aromatic carbocycles. The van der Waals surface area contributed by atoms with Crippen LogP contribution < -0.4 is 0 Å². The summed E-state index contributed by atoms with van der Waals surface area (Å²) < 4.78 is 12.9. The number of furan rings is 1. The van der Waals surface area contributed by atoms with Crippen molar-refractivity contribution in [3.8, 4) is 17.1 Å². The lowest BCUT2D eigenvalue weighted by molar-refractivity contribution is 0.382. The van der Waals surface area contributed by atoms with Crippen LogP contribution in [0.5, 0.6) is 0 Å². The molecule has 144 valence electrons. The van der Waals surface area contributed by atoms with Gasteiger partial charge in [0.2, 0.25) is 5.89 Å². The van der Waals surface area contributed by atoms with Gasteiger partial charge in [-0.3, -0.25) is 4.57 Å². The third-order valence-electron chi connectivity index (χ3n) is 4.17. The summed E-state index contributed by atoms with van der Waals surface area (Å²) in [5.74, 6) is 3.89. The first kappa shape index (κ1) is 18.5. The maximum atomic E-state index is 5.46. The second-order valence-corrected chi connectivity index (χ2v) is 7.80. The molecule has 0 radical (unpaired) electrons. The van der Waals surface area contributed by atoms with Crippen LogP contribution in [0.4, 0.5) is 0 Å². The van der Waals surface area contributed by atoms with Crippen molar-refractivity contribution in [2.24, 2.45) is 5.92 Å². The zero-order valence-corrected chi connectivity index (χ0v) is 16.8. The van der Waals surface area contributed by atoms with Gasteiger partial charge in [-0.2, -0.15) is 4.98 Å². The van der Waals surface area contributed by atoms with E-state index >= 15 is 0 Å². The fourth-order valence-corrected chi connectivity index (χ4v) is 3.68. The predicted octanol–water partition coefficient (Wildman–Crippen LogP) is 4.71. The van der Waals surface area contributed by atoms with Crippen molar-refractivity contribution in [2.75, 3.05) is 0 Å². The van der Waals surface area contributed by atoms with E-state index in [1.165, 1.54) is 11.8 Å². The number of hydrogen-bond acceptors (Lipinski definition) is 7. The molecule has 0 bridgehead atoms. The highest BCUT2D eigenvalue weighted by molar-refractivity contribution is 7.98. The summed E-state index contributed by atoms with van der Waals surface area (Å²) in [5.41, 5.74) is 1.90. The van der Waals surface area contributed by atoms with Gasteiger partial charge in [-0.25, -0.2) is 0 Å². The van der Waals surface area contributed by atoms with E-state index in [1.54, 1.807) is 6.26 Å². The van der Waals surface area contributed by atoms with Gasteiger partial charge in [-0.15, -0.1) is 10.2 Å². The number of hydrogen-bond donors (Lipinski definition) is 0. The monoisotopic (exact) mass is 395 g/mol. The van der Waals surface area contributed by atoms with Gasteiger partial charge in [-0.1, -0.05) is 49.0 Å². The second-order valence-electron chi connectivity index (χ2n) is 6.86. The van der Waals surface area contributed by atoms with Crippen LogP contribution >= 0.6 is 11.8 Å². The van der Waals surface area contributed by atoms with E-state index in [-0.39, 0.29) is 0 Å². The van der Waals surface area contributed by atoms with E-state index in [1.807, 2.05) is 47.9 Å². The Morgan fingerprint density at radius 1 is 1.11 bits per heavy atom. The molecule has 7 nitrogen and oxygen atoms in total. The standard InChI is InChI=1S/C20H21N5O2S/c1-13(2)11-17-21-18(27-24-17)12-28-20-23-22-19(16-9-10-26-14(16)3)25(20)15-7-5-4-6-8-15/h4-10,13H,11-12H2,1-3H3. The van der Waals surface area contributed by atoms with Crippen molar-refractivity contribution in [2.45, 2.75) is 38.1 Å². The summed E-state index contributed by atoms with van der Waals surface area (Å²) in [7, 11) is 0. The van der Waals surface area contributed by atoms with Gasteiger partial charge in [-0.05, 0) is 31.0 Å². The molecular formula is C20H21N5O2S. The number of nitrogens with zero attached hydrogens (tertiary/aromatic N) is 5. The summed E-state index contributed by atoms with van der Waals surface area (Å²) in [6.45, 7) is 6.18. The van der Waals surface area contributed by atoms with E-state index in [4.69, 9.17) is 8.94 Å². The van der Waals surface area contributed by atoms with Gasteiger partial charge < -0.3 is 8.94 Å². The fraction of sp³-hybridized carbons (Fsp3) is 0.300. The SMILES string of the molecule is Cc1occc1-c1nnc(SCc2nc(CC(C)C)no2)n1-c1ccccc1. The Hall–Kier alpha value is -2.87. The predicted molar refractivity (Wildman–Crippen MR) is 106 cm³/mol. The first-order valence-electron chi connectivity index (χ1n) is 9.11. The number of thioether (sulfide) groups is 1. The zero-order chi connectivity index (χ0) is 19.5. The molecule has 0 aliphatic heterocycles. The maximum Gasteiger partial charge on any atom is 0.237 e. The number of rotatable bonds is 7. The van der Waals surface area contributed by atoms with Gasteiger partial charge in [0.05, 0.1) is 17.6 Å². The molecule has 0 amide bonds. The number of benzene rings is 1. The van der Waals surface area contributed by atoms with Crippen molar-refractivity contribution in [1.29, 1.82) is 0 Å². The van der Waals surface area contributed by atoms with Crippen molar-refractivity contribution in [3.05, 3.63) is 60.1 Å². The van der Waals surface area contributed by atoms with Gasteiger partial charge >= 0.3 is 0 Å². The Bertz CT molecular complexity index is 1050. The molecule has 0 N–H and O–H groups in total. The van der Waals surface area contributed by atoms with E-state index in [0.29, 0.717) is 17.6 Å². The lowest BCUT2D eigenvalue weighted by atomic mass is 10.1. The van der Waals surface area contributed by atoms with Gasteiger partial charge in [0.15, 0.2) is 16.8 Å². The molecule has 0 aliphatic carbocycles. The Morgan fingerprint density at radius 2 is 1.93 bits per heavy atom. The minimum Gasteiger partial charge on any atom is -0.469 e. The first-order chi connectivity index (χ1) is 13.6. The smallest absolute Gasteiger partial charge is 0.237 e. The molecule has 0 aliphatic rings. The van der Waals surface area contributed by atoms with Crippen LogP contribution in [0.25, 0.3) is 17.1 Å². The third kappa shape index (κ3) is 3.87. The van der Waals surface area contributed by atoms with Crippen LogP contribution in [0.2, 0.25) is 0 Å². The van der Waals surface area contributed by atoms with E-state index in [9.17, 15) is 0 Å². The van der Waals surface area contributed by atoms with Crippen LogP contribution in [0.1, 0.15) is 31.3 Å². The van der Waals surface area contributed by atoms with Crippen LogP contribution in [0.3, 0.4) is 0 Å². The highest BCUT2D eigenvalue weighted by atomic mass is 32.2. The Balaban J connectivity index is 1.63. The minimum absolute atomic E-state index is 0.486. The molecule has 4 aromatic rings. The summed E-state index contributed by atoms with van der Waals surface area (Å²) in [4.78, 5) is 4.47. The Kier molecular flexibility index (Phi) is 5.29. The number of aryl methyl sites for hydroxylation is 1.